The van der Waals surface area contributed by atoms with E-state index in [0.29, 0.717) is 0 Å². The van der Waals surface area contributed by atoms with Gasteiger partial charge in [0.15, 0.2) is 0 Å². The molecule has 1 aliphatic rings. The molecule has 18 heavy (non-hydrogen) atoms. The second-order valence-electron chi connectivity index (χ2n) is 6.05. The SMILES string of the molecule is Cc1cccc(CN(C)CCC2(N)CCCC2)c1. The average Bonchev–Trinajstić information content (AvgIpc) is 2.74. The summed E-state index contributed by atoms with van der Waals surface area (Å²) in [6.07, 6.45) is 6.20. The van der Waals surface area contributed by atoms with Crippen molar-refractivity contribution in [3.8, 4) is 0 Å². The van der Waals surface area contributed by atoms with Crippen molar-refractivity contribution in [3.63, 3.8) is 0 Å². The Labute approximate surface area is 111 Å². The Morgan fingerprint density at radius 3 is 2.67 bits per heavy atom. The molecule has 0 bridgehead atoms. The van der Waals surface area contributed by atoms with Gasteiger partial charge in [-0.15, -0.1) is 0 Å². The molecule has 0 atom stereocenters. The molecule has 1 saturated carbocycles. The van der Waals surface area contributed by atoms with E-state index in [9.17, 15) is 0 Å². The van der Waals surface area contributed by atoms with Crippen molar-refractivity contribution in [2.24, 2.45) is 5.73 Å². The normalized spacial score (nSPS) is 18.4. The van der Waals surface area contributed by atoms with Crippen LogP contribution in [0.15, 0.2) is 24.3 Å². The fourth-order valence-electron chi connectivity index (χ4n) is 2.94. The van der Waals surface area contributed by atoms with Crippen molar-refractivity contribution >= 4 is 0 Å². The number of benzene rings is 1. The highest BCUT2D eigenvalue weighted by molar-refractivity contribution is 5.21. The minimum atomic E-state index is 0.126. The molecule has 1 fully saturated rings. The summed E-state index contributed by atoms with van der Waals surface area (Å²) in [6, 6.07) is 8.76. The molecule has 0 unspecified atom stereocenters. The van der Waals surface area contributed by atoms with Crippen LogP contribution in [0.5, 0.6) is 0 Å². The fraction of sp³-hybridized carbons (Fsp3) is 0.625. The van der Waals surface area contributed by atoms with E-state index in [1.165, 1.54) is 36.8 Å². The second kappa shape index (κ2) is 5.85. The van der Waals surface area contributed by atoms with Crippen LogP contribution in [0.4, 0.5) is 0 Å². The lowest BCUT2D eigenvalue weighted by Crippen LogP contribution is -2.39. The average molecular weight is 246 g/mol. The van der Waals surface area contributed by atoms with Gasteiger partial charge in [0.1, 0.15) is 0 Å². The molecule has 0 aromatic heterocycles. The minimum Gasteiger partial charge on any atom is -0.325 e. The zero-order chi connectivity index (χ0) is 13.0. The third kappa shape index (κ3) is 3.82. The monoisotopic (exact) mass is 246 g/mol. The van der Waals surface area contributed by atoms with E-state index < -0.39 is 0 Å². The molecule has 1 aliphatic carbocycles. The van der Waals surface area contributed by atoms with Crippen LogP contribution in [0.1, 0.15) is 43.2 Å². The van der Waals surface area contributed by atoms with Crippen LogP contribution in [-0.2, 0) is 6.54 Å². The van der Waals surface area contributed by atoms with Gasteiger partial charge in [0, 0.05) is 12.1 Å². The minimum absolute atomic E-state index is 0.126. The van der Waals surface area contributed by atoms with Gasteiger partial charge < -0.3 is 10.6 Å². The Hall–Kier alpha value is -0.860. The molecule has 0 heterocycles. The number of aryl methyl sites for hydroxylation is 1. The molecule has 2 N–H and O–H groups in total. The summed E-state index contributed by atoms with van der Waals surface area (Å²) < 4.78 is 0. The Kier molecular flexibility index (Phi) is 4.41. The molecule has 100 valence electrons. The van der Waals surface area contributed by atoms with Gasteiger partial charge >= 0.3 is 0 Å². The molecule has 2 rings (SSSR count). The van der Waals surface area contributed by atoms with E-state index in [0.717, 1.165) is 19.5 Å². The van der Waals surface area contributed by atoms with E-state index in [1.807, 2.05) is 0 Å². The Morgan fingerprint density at radius 2 is 2.00 bits per heavy atom. The maximum absolute atomic E-state index is 6.40. The van der Waals surface area contributed by atoms with Crippen molar-refractivity contribution in [2.75, 3.05) is 13.6 Å². The predicted molar refractivity (Wildman–Crippen MR) is 77.5 cm³/mol. The van der Waals surface area contributed by atoms with E-state index >= 15 is 0 Å². The first-order valence-electron chi connectivity index (χ1n) is 7.10. The van der Waals surface area contributed by atoms with Gasteiger partial charge in [0.2, 0.25) is 0 Å². The third-order valence-electron chi connectivity index (χ3n) is 4.13. The molecule has 0 radical (unpaired) electrons. The second-order valence-corrected chi connectivity index (χ2v) is 6.05. The molecule has 2 nitrogen and oxygen atoms in total. The summed E-state index contributed by atoms with van der Waals surface area (Å²) in [5.41, 5.74) is 9.26. The number of hydrogen-bond donors (Lipinski definition) is 1. The molecular weight excluding hydrogens is 220 g/mol. The van der Waals surface area contributed by atoms with Crippen molar-refractivity contribution in [1.29, 1.82) is 0 Å². The summed E-state index contributed by atoms with van der Waals surface area (Å²) in [5, 5.41) is 0. The molecule has 0 amide bonds. The van der Waals surface area contributed by atoms with Crippen LogP contribution in [0.25, 0.3) is 0 Å². The zero-order valence-corrected chi connectivity index (χ0v) is 11.8. The van der Waals surface area contributed by atoms with Gasteiger partial charge in [0.25, 0.3) is 0 Å². The first-order valence-corrected chi connectivity index (χ1v) is 7.10. The lowest BCUT2D eigenvalue weighted by atomic mass is 9.94. The summed E-state index contributed by atoms with van der Waals surface area (Å²) in [6.45, 7) is 4.28. The highest BCUT2D eigenvalue weighted by atomic mass is 15.1. The van der Waals surface area contributed by atoms with E-state index in [2.05, 4.69) is 43.1 Å². The van der Waals surface area contributed by atoms with Crippen LogP contribution in [0.2, 0.25) is 0 Å². The molecule has 1 aromatic carbocycles. The maximum atomic E-state index is 6.40. The number of rotatable bonds is 5. The van der Waals surface area contributed by atoms with Crippen LogP contribution < -0.4 is 5.73 Å². The summed E-state index contributed by atoms with van der Waals surface area (Å²) >= 11 is 0. The lowest BCUT2D eigenvalue weighted by molar-refractivity contribution is 0.273. The van der Waals surface area contributed by atoms with Gasteiger partial charge in [-0.2, -0.15) is 0 Å². The topological polar surface area (TPSA) is 29.3 Å². The van der Waals surface area contributed by atoms with Crippen molar-refractivity contribution in [3.05, 3.63) is 35.4 Å². The predicted octanol–water partition coefficient (Wildman–Crippen LogP) is 3.09. The Balaban J connectivity index is 1.80. The van der Waals surface area contributed by atoms with Crippen LogP contribution >= 0.6 is 0 Å². The van der Waals surface area contributed by atoms with Crippen LogP contribution in [-0.4, -0.2) is 24.0 Å². The van der Waals surface area contributed by atoms with Crippen LogP contribution in [0.3, 0.4) is 0 Å². The standard InChI is InChI=1S/C16H26N2/c1-14-6-5-7-15(12-14)13-18(2)11-10-16(17)8-3-4-9-16/h5-7,12H,3-4,8-11,13,17H2,1-2H3. The first-order chi connectivity index (χ1) is 8.57. The fourth-order valence-corrected chi connectivity index (χ4v) is 2.94. The highest BCUT2D eigenvalue weighted by Gasteiger charge is 2.28. The summed E-state index contributed by atoms with van der Waals surface area (Å²) in [4.78, 5) is 2.39. The Morgan fingerprint density at radius 1 is 1.28 bits per heavy atom. The third-order valence-corrected chi connectivity index (χ3v) is 4.13. The number of nitrogens with two attached hydrogens (primary N) is 1. The smallest absolute Gasteiger partial charge is 0.0230 e. The molecule has 2 heteroatoms. The molecule has 0 spiro atoms. The number of nitrogens with zero attached hydrogens (tertiary/aromatic N) is 1. The van der Waals surface area contributed by atoms with E-state index in [1.54, 1.807) is 0 Å². The maximum Gasteiger partial charge on any atom is 0.0230 e. The zero-order valence-electron chi connectivity index (χ0n) is 11.8. The molecule has 1 aromatic rings. The van der Waals surface area contributed by atoms with Crippen LogP contribution in [0, 0.1) is 6.92 Å². The van der Waals surface area contributed by atoms with E-state index in [4.69, 9.17) is 5.73 Å². The lowest BCUT2D eigenvalue weighted by Gasteiger charge is -2.27. The summed E-state index contributed by atoms with van der Waals surface area (Å²) in [5.74, 6) is 0. The largest absolute Gasteiger partial charge is 0.325 e. The van der Waals surface area contributed by atoms with Crippen molar-refractivity contribution in [2.45, 2.75) is 51.1 Å². The van der Waals surface area contributed by atoms with Crippen molar-refractivity contribution < 1.29 is 0 Å². The van der Waals surface area contributed by atoms with Gasteiger partial charge in [-0.1, -0.05) is 42.7 Å². The van der Waals surface area contributed by atoms with Gasteiger partial charge in [-0.05, 0) is 45.3 Å². The first kappa shape index (κ1) is 13.6. The quantitative estimate of drug-likeness (QED) is 0.865. The Bertz CT molecular complexity index is 380. The van der Waals surface area contributed by atoms with Gasteiger partial charge in [-0.3, -0.25) is 0 Å². The molecule has 0 saturated heterocycles. The van der Waals surface area contributed by atoms with Gasteiger partial charge in [0.05, 0.1) is 0 Å². The highest BCUT2D eigenvalue weighted by Crippen LogP contribution is 2.30. The molecular formula is C16H26N2. The molecule has 0 aliphatic heterocycles. The van der Waals surface area contributed by atoms with Crippen molar-refractivity contribution in [1.82, 2.24) is 4.90 Å². The summed E-state index contributed by atoms with van der Waals surface area (Å²) in [7, 11) is 2.20. The van der Waals surface area contributed by atoms with Gasteiger partial charge in [-0.25, -0.2) is 0 Å². The number of hydrogen-bond acceptors (Lipinski definition) is 2. The van der Waals surface area contributed by atoms with E-state index in [-0.39, 0.29) is 5.54 Å².